The van der Waals surface area contributed by atoms with Crippen LogP contribution >= 0.6 is 0 Å². The van der Waals surface area contributed by atoms with E-state index in [0.717, 1.165) is 24.2 Å². The molecule has 0 aromatic heterocycles. The molecular formula is C19H23NO4. The number of rotatable bonds is 6. The van der Waals surface area contributed by atoms with Crippen molar-refractivity contribution in [1.82, 2.24) is 5.32 Å². The van der Waals surface area contributed by atoms with E-state index in [-0.39, 0.29) is 17.7 Å². The van der Waals surface area contributed by atoms with Gasteiger partial charge in [0.25, 0.3) is 0 Å². The number of allylic oxidation sites excluding steroid dienone is 2. The molecule has 0 radical (unpaired) electrons. The van der Waals surface area contributed by atoms with Gasteiger partial charge in [-0.3, -0.25) is 9.59 Å². The second kappa shape index (κ2) is 7.07. The van der Waals surface area contributed by atoms with Crippen molar-refractivity contribution >= 4 is 11.9 Å². The number of ether oxygens (including phenoxy) is 1. The van der Waals surface area contributed by atoms with Crippen molar-refractivity contribution in [3.8, 4) is 5.75 Å². The summed E-state index contributed by atoms with van der Waals surface area (Å²) in [4.78, 5) is 24.2. The average Bonchev–Trinajstić information content (AvgIpc) is 2.62. The summed E-state index contributed by atoms with van der Waals surface area (Å²) >= 11 is 0. The van der Waals surface area contributed by atoms with E-state index in [0.29, 0.717) is 13.0 Å². The van der Waals surface area contributed by atoms with Crippen LogP contribution in [0, 0.1) is 23.7 Å². The van der Waals surface area contributed by atoms with Crippen LogP contribution in [0.1, 0.15) is 18.4 Å². The minimum Gasteiger partial charge on any atom is -0.496 e. The number of hydrogen-bond acceptors (Lipinski definition) is 3. The molecule has 2 N–H and O–H groups in total. The van der Waals surface area contributed by atoms with Crippen molar-refractivity contribution in [2.24, 2.45) is 23.7 Å². The van der Waals surface area contributed by atoms with Crippen LogP contribution in [0.2, 0.25) is 0 Å². The van der Waals surface area contributed by atoms with Crippen molar-refractivity contribution < 1.29 is 19.4 Å². The summed E-state index contributed by atoms with van der Waals surface area (Å²) in [6.45, 7) is 0.475. The van der Waals surface area contributed by atoms with E-state index >= 15 is 0 Å². The maximum atomic E-state index is 12.6. The largest absolute Gasteiger partial charge is 0.496 e. The monoisotopic (exact) mass is 329 g/mol. The molecule has 0 saturated heterocycles. The minimum atomic E-state index is -0.862. The Morgan fingerprint density at radius 3 is 2.46 bits per heavy atom. The van der Waals surface area contributed by atoms with Crippen LogP contribution in [-0.4, -0.2) is 30.6 Å². The van der Waals surface area contributed by atoms with Crippen molar-refractivity contribution in [2.75, 3.05) is 13.7 Å². The molecule has 128 valence electrons. The number of amides is 1. The molecule has 5 nitrogen and oxygen atoms in total. The van der Waals surface area contributed by atoms with Crippen LogP contribution in [0.25, 0.3) is 0 Å². The molecule has 1 fully saturated rings. The van der Waals surface area contributed by atoms with Gasteiger partial charge in [-0.1, -0.05) is 30.4 Å². The summed E-state index contributed by atoms with van der Waals surface area (Å²) in [6, 6.07) is 7.70. The van der Waals surface area contributed by atoms with Gasteiger partial charge < -0.3 is 15.2 Å². The highest BCUT2D eigenvalue weighted by Crippen LogP contribution is 2.45. The van der Waals surface area contributed by atoms with Crippen LogP contribution in [0.3, 0.4) is 0 Å². The average molecular weight is 329 g/mol. The van der Waals surface area contributed by atoms with Gasteiger partial charge in [-0.25, -0.2) is 0 Å². The first-order valence-corrected chi connectivity index (χ1v) is 8.42. The molecule has 0 spiro atoms. The van der Waals surface area contributed by atoms with Crippen LogP contribution in [0.15, 0.2) is 36.4 Å². The fourth-order valence-corrected chi connectivity index (χ4v) is 4.04. The fourth-order valence-electron chi connectivity index (χ4n) is 4.04. The van der Waals surface area contributed by atoms with Crippen LogP contribution in [0.5, 0.6) is 5.75 Å². The molecule has 0 unspecified atom stereocenters. The first-order valence-electron chi connectivity index (χ1n) is 8.42. The molecule has 0 aliphatic heterocycles. The Hall–Kier alpha value is -2.30. The summed E-state index contributed by atoms with van der Waals surface area (Å²) in [5, 5.41) is 12.5. The predicted octanol–water partition coefficient (Wildman–Crippen LogP) is 2.27. The highest BCUT2D eigenvalue weighted by molar-refractivity contribution is 5.86. The number of carboxylic acids is 1. The van der Waals surface area contributed by atoms with Gasteiger partial charge in [0.15, 0.2) is 0 Å². The fraction of sp³-hybridized carbons (Fsp3) is 0.474. The van der Waals surface area contributed by atoms with Crippen LogP contribution in [0.4, 0.5) is 0 Å². The van der Waals surface area contributed by atoms with Crippen molar-refractivity contribution in [1.29, 1.82) is 0 Å². The Labute approximate surface area is 141 Å². The molecule has 24 heavy (non-hydrogen) atoms. The van der Waals surface area contributed by atoms with Crippen molar-refractivity contribution in [3.05, 3.63) is 42.0 Å². The molecule has 1 aromatic carbocycles. The maximum absolute atomic E-state index is 12.6. The van der Waals surface area contributed by atoms with E-state index in [4.69, 9.17) is 4.74 Å². The molecule has 0 heterocycles. The molecule has 5 heteroatoms. The SMILES string of the molecule is COc1ccccc1CCNC(=O)[C@@H]1[C@@H](C(=O)O)[C@H]2C=C[C@@H]1CC2. The van der Waals surface area contributed by atoms with Crippen molar-refractivity contribution in [2.45, 2.75) is 19.3 Å². The predicted molar refractivity (Wildman–Crippen MR) is 89.7 cm³/mol. The highest BCUT2D eigenvalue weighted by Gasteiger charge is 2.47. The van der Waals surface area contributed by atoms with Gasteiger partial charge in [-0.15, -0.1) is 0 Å². The lowest BCUT2D eigenvalue weighted by Crippen LogP contribution is -2.49. The van der Waals surface area contributed by atoms with Crippen LogP contribution < -0.4 is 10.1 Å². The molecule has 2 bridgehead atoms. The van der Waals surface area contributed by atoms with Crippen molar-refractivity contribution in [3.63, 3.8) is 0 Å². The van der Waals surface area contributed by atoms with E-state index in [1.165, 1.54) is 0 Å². The quantitative estimate of drug-likeness (QED) is 0.785. The Bertz CT molecular complexity index is 655. The number of hydrogen-bond donors (Lipinski definition) is 2. The molecular weight excluding hydrogens is 306 g/mol. The summed E-state index contributed by atoms with van der Waals surface area (Å²) in [6.07, 6.45) is 6.42. The Kier molecular flexibility index (Phi) is 4.88. The standard InChI is InChI=1S/C19H23NO4/c1-24-15-5-3-2-4-12(15)10-11-20-18(21)16-13-6-8-14(9-7-13)17(16)19(22)23/h2-6,8,13-14,16-17H,7,9-11H2,1H3,(H,20,21)(H,22,23)/t13-,14+,16+,17+/m1/s1. The summed E-state index contributed by atoms with van der Waals surface area (Å²) in [7, 11) is 1.62. The topological polar surface area (TPSA) is 75.6 Å². The molecule has 4 atom stereocenters. The van der Waals surface area contributed by atoms with Gasteiger partial charge in [0, 0.05) is 6.54 Å². The minimum absolute atomic E-state index is 0.0162. The smallest absolute Gasteiger partial charge is 0.307 e. The van der Waals surface area contributed by atoms with Gasteiger partial charge in [0.1, 0.15) is 5.75 Å². The van der Waals surface area contributed by atoms with E-state index in [1.54, 1.807) is 7.11 Å². The first-order chi connectivity index (χ1) is 11.6. The third kappa shape index (κ3) is 3.16. The van der Waals surface area contributed by atoms with E-state index < -0.39 is 17.8 Å². The first kappa shape index (κ1) is 16.6. The van der Waals surface area contributed by atoms with Crippen LogP contribution in [-0.2, 0) is 16.0 Å². The molecule has 1 aromatic rings. The lowest BCUT2D eigenvalue weighted by Gasteiger charge is -2.41. The van der Waals surface area contributed by atoms with E-state index in [2.05, 4.69) is 5.32 Å². The third-order valence-corrected chi connectivity index (χ3v) is 5.22. The molecule has 3 aliphatic rings. The molecule has 1 saturated carbocycles. The lowest BCUT2D eigenvalue weighted by atomic mass is 9.62. The maximum Gasteiger partial charge on any atom is 0.307 e. The summed E-state index contributed by atoms with van der Waals surface area (Å²) in [5.41, 5.74) is 1.03. The van der Waals surface area contributed by atoms with Gasteiger partial charge in [0.2, 0.25) is 5.91 Å². The second-order valence-corrected chi connectivity index (χ2v) is 6.53. The number of methoxy groups -OCH3 is 1. The van der Waals surface area contributed by atoms with E-state index in [9.17, 15) is 14.7 Å². The Morgan fingerprint density at radius 2 is 1.83 bits per heavy atom. The number of benzene rings is 1. The van der Waals surface area contributed by atoms with Gasteiger partial charge in [0.05, 0.1) is 18.9 Å². The highest BCUT2D eigenvalue weighted by atomic mass is 16.5. The van der Waals surface area contributed by atoms with Gasteiger partial charge in [-0.05, 0) is 42.7 Å². The number of fused-ring (bicyclic) bond motifs is 2. The van der Waals surface area contributed by atoms with Gasteiger partial charge in [-0.2, -0.15) is 0 Å². The number of nitrogens with one attached hydrogen (secondary N) is 1. The number of carbonyl (C=O) groups is 2. The zero-order valence-electron chi connectivity index (χ0n) is 13.8. The Morgan fingerprint density at radius 1 is 1.17 bits per heavy atom. The zero-order chi connectivity index (χ0) is 17.1. The lowest BCUT2D eigenvalue weighted by molar-refractivity contribution is -0.152. The van der Waals surface area contributed by atoms with Gasteiger partial charge >= 0.3 is 5.97 Å². The zero-order valence-corrected chi connectivity index (χ0v) is 13.8. The number of carboxylic acid groups (broad SMARTS) is 1. The second-order valence-electron chi connectivity index (χ2n) is 6.53. The Balaban J connectivity index is 1.62. The van der Waals surface area contributed by atoms with E-state index in [1.807, 2.05) is 36.4 Å². The molecule has 1 amide bonds. The third-order valence-electron chi connectivity index (χ3n) is 5.22. The molecule has 4 rings (SSSR count). The number of carbonyl (C=O) groups excluding carboxylic acids is 1. The summed E-state index contributed by atoms with van der Waals surface area (Å²) in [5.74, 6) is -1.23. The number of para-hydroxylation sites is 1. The normalized spacial score (nSPS) is 27.7. The summed E-state index contributed by atoms with van der Waals surface area (Å²) < 4.78 is 5.31. The molecule has 3 aliphatic carbocycles. The number of aliphatic carboxylic acids is 1.